The first kappa shape index (κ1) is 7.47. The van der Waals surface area contributed by atoms with Gasteiger partial charge in [-0.05, 0) is 0 Å². The Bertz CT molecular complexity index is 179. The summed E-state index contributed by atoms with van der Waals surface area (Å²) in [5.74, 6) is 1.13. The van der Waals surface area contributed by atoms with Gasteiger partial charge in [0, 0.05) is 6.08 Å². The topological polar surface area (TPSA) is 29.5 Å². The maximum atomic E-state index is 10.9. The van der Waals surface area contributed by atoms with E-state index in [-0.39, 0.29) is 5.91 Å². The summed E-state index contributed by atoms with van der Waals surface area (Å²) in [4.78, 5) is 12.5. The maximum Gasteiger partial charge on any atom is 0.251 e. The lowest BCUT2D eigenvalue weighted by atomic mass is 10.5. The monoisotopic (exact) mass is 159 g/mol. The summed E-state index contributed by atoms with van der Waals surface area (Å²) in [5.41, 5.74) is 0. The van der Waals surface area contributed by atoms with Crippen LogP contribution in [-0.4, -0.2) is 30.3 Å². The van der Waals surface area contributed by atoms with Crippen LogP contribution in [0.2, 0.25) is 0 Å². The number of hydrogen-bond donors (Lipinski definition) is 1. The number of ether oxygens (including phenoxy) is 1. The van der Waals surface area contributed by atoms with Crippen LogP contribution in [0.3, 0.4) is 0 Å². The molecule has 0 aromatic carbocycles. The van der Waals surface area contributed by atoms with Crippen LogP contribution < -0.4 is 0 Å². The van der Waals surface area contributed by atoms with Gasteiger partial charge in [-0.25, -0.2) is 0 Å². The highest BCUT2D eigenvalue weighted by atomic mass is 32.1. The van der Waals surface area contributed by atoms with Crippen LogP contribution >= 0.6 is 12.6 Å². The van der Waals surface area contributed by atoms with Gasteiger partial charge in [-0.1, -0.05) is 0 Å². The van der Waals surface area contributed by atoms with Gasteiger partial charge in [-0.15, -0.1) is 0 Å². The summed E-state index contributed by atoms with van der Waals surface area (Å²) < 4.78 is 4.88. The van der Waals surface area contributed by atoms with E-state index in [1.54, 1.807) is 12.0 Å². The Kier molecular flexibility index (Phi) is 2.21. The lowest BCUT2D eigenvalue weighted by Crippen LogP contribution is -2.24. The zero-order valence-corrected chi connectivity index (χ0v) is 6.60. The van der Waals surface area contributed by atoms with Crippen molar-refractivity contribution in [3.8, 4) is 0 Å². The first-order valence-electron chi connectivity index (χ1n) is 2.92. The number of amides is 1. The third-order valence-corrected chi connectivity index (χ3v) is 1.72. The summed E-state index contributed by atoms with van der Waals surface area (Å²) in [6, 6.07) is 0. The minimum absolute atomic E-state index is 0.0214. The molecular formula is C6H9NO2S. The van der Waals surface area contributed by atoms with Crippen LogP contribution in [0.5, 0.6) is 0 Å². The number of rotatable bonds is 2. The Balaban J connectivity index is 2.57. The van der Waals surface area contributed by atoms with Crippen molar-refractivity contribution >= 4 is 18.5 Å². The smallest absolute Gasteiger partial charge is 0.251 e. The zero-order chi connectivity index (χ0) is 7.56. The van der Waals surface area contributed by atoms with Crippen molar-refractivity contribution in [2.45, 2.75) is 0 Å². The van der Waals surface area contributed by atoms with E-state index in [0.29, 0.717) is 18.2 Å². The molecule has 1 rings (SSSR count). The van der Waals surface area contributed by atoms with E-state index in [2.05, 4.69) is 12.6 Å². The number of thiol groups is 1. The van der Waals surface area contributed by atoms with Gasteiger partial charge in [0.05, 0.1) is 19.5 Å². The van der Waals surface area contributed by atoms with Gasteiger partial charge in [-0.3, -0.25) is 4.79 Å². The standard InChI is InChI=1S/C6H9NO2S/c1-9-5-2-6(8)7(3-5)4-10/h2,10H,3-4H2,1H3. The van der Waals surface area contributed by atoms with Crippen molar-refractivity contribution in [2.24, 2.45) is 0 Å². The van der Waals surface area contributed by atoms with E-state index in [1.165, 1.54) is 6.08 Å². The van der Waals surface area contributed by atoms with Gasteiger partial charge in [-0.2, -0.15) is 12.6 Å². The van der Waals surface area contributed by atoms with E-state index in [4.69, 9.17) is 4.74 Å². The van der Waals surface area contributed by atoms with Crippen molar-refractivity contribution in [2.75, 3.05) is 19.5 Å². The Morgan fingerprint density at radius 1 is 1.90 bits per heavy atom. The molecule has 0 spiro atoms. The highest BCUT2D eigenvalue weighted by Crippen LogP contribution is 2.10. The van der Waals surface area contributed by atoms with Crippen molar-refractivity contribution in [1.82, 2.24) is 4.90 Å². The molecule has 1 aliphatic rings. The Labute approximate surface area is 65.1 Å². The van der Waals surface area contributed by atoms with Gasteiger partial charge in [0.15, 0.2) is 0 Å². The molecule has 0 saturated carbocycles. The molecule has 0 aromatic rings. The van der Waals surface area contributed by atoms with E-state index in [9.17, 15) is 4.79 Å². The molecular weight excluding hydrogens is 150 g/mol. The Hall–Kier alpha value is -0.640. The molecule has 0 atom stereocenters. The van der Waals surface area contributed by atoms with E-state index < -0.39 is 0 Å². The molecule has 10 heavy (non-hydrogen) atoms. The Morgan fingerprint density at radius 2 is 2.60 bits per heavy atom. The average molecular weight is 159 g/mol. The number of methoxy groups -OCH3 is 1. The predicted octanol–water partition coefficient (Wildman–Crippen LogP) is 0.246. The molecule has 1 aliphatic heterocycles. The predicted molar refractivity (Wildman–Crippen MR) is 40.7 cm³/mol. The first-order chi connectivity index (χ1) is 4.77. The molecule has 0 radical (unpaired) electrons. The van der Waals surface area contributed by atoms with Crippen LogP contribution in [-0.2, 0) is 9.53 Å². The molecule has 56 valence electrons. The summed E-state index contributed by atoms with van der Waals surface area (Å²) in [6.07, 6.45) is 1.48. The molecule has 1 heterocycles. The molecule has 1 amide bonds. The molecule has 0 N–H and O–H groups in total. The van der Waals surface area contributed by atoms with Crippen molar-refractivity contribution < 1.29 is 9.53 Å². The second kappa shape index (κ2) is 2.96. The largest absolute Gasteiger partial charge is 0.499 e. The first-order valence-corrected chi connectivity index (χ1v) is 3.55. The lowest BCUT2D eigenvalue weighted by Gasteiger charge is -2.11. The summed E-state index contributed by atoms with van der Waals surface area (Å²) >= 11 is 3.97. The molecule has 0 aromatic heterocycles. The minimum Gasteiger partial charge on any atom is -0.499 e. The SMILES string of the molecule is COC1=CC(=O)N(CS)C1. The van der Waals surface area contributed by atoms with E-state index in [1.807, 2.05) is 0 Å². The molecule has 0 bridgehead atoms. The van der Waals surface area contributed by atoms with Crippen LogP contribution in [0.4, 0.5) is 0 Å². The number of carbonyl (C=O) groups is 1. The summed E-state index contributed by atoms with van der Waals surface area (Å²) in [7, 11) is 1.56. The Morgan fingerprint density at radius 3 is 2.90 bits per heavy atom. The summed E-state index contributed by atoms with van der Waals surface area (Å²) in [6.45, 7) is 0.554. The summed E-state index contributed by atoms with van der Waals surface area (Å²) in [5, 5.41) is 0. The number of hydrogen-bond acceptors (Lipinski definition) is 3. The van der Waals surface area contributed by atoms with Gasteiger partial charge in [0.25, 0.3) is 5.91 Å². The fraction of sp³-hybridized carbons (Fsp3) is 0.500. The fourth-order valence-corrected chi connectivity index (χ4v) is 1.02. The second-order valence-electron chi connectivity index (χ2n) is 1.99. The van der Waals surface area contributed by atoms with Crippen molar-refractivity contribution in [1.29, 1.82) is 0 Å². The average Bonchev–Trinajstić information content (AvgIpc) is 2.30. The van der Waals surface area contributed by atoms with Crippen LogP contribution in [0, 0.1) is 0 Å². The number of nitrogens with zero attached hydrogens (tertiary/aromatic N) is 1. The van der Waals surface area contributed by atoms with Gasteiger partial charge in [0.2, 0.25) is 0 Å². The molecule has 0 unspecified atom stereocenters. The highest BCUT2D eigenvalue weighted by Gasteiger charge is 2.19. The molecule has 3 nitrogen and oxygen atoms in total. The highest BCUT2D eigenvalue weighted by molar-refractivity contribution is 7.80. The normalized spacial score (nSPS) is 17.6. The third-order valence-electron chi connectivity index (χ3n) is 1.38. The van der Waals surface area contributed by atoms with Gasteiger partial charge >= 0.3 is 0 Å². The third kappa shape index (κ3) is 1.26. The van der Waals surface area contributed by atoms with Gasteiger partial charge < -0.3 is 9.64 Å². The molecule has 0 fully saturated rings. The van der Waals surface area contributed by atoms with Gasteiger partial charge in [0.1, 0.15) is 5.76 Å². The quantitative estimate of drug-likeness (QED) is 0.585. The van der Waals surface area contributed by atoms with Crippen molar-refractivity contribution in [3.63, 3.8) is 0 Å². The van der Waals surface area contributed by atoms with E-state index in [0.717, 1.165) is 0 Å². The molecule has 0 aliphatic carbocycles. The van der Waals surface area contributed by atoms with E-state index >= 15 is 0 Å². The lowest BCUT2D eigenvalue weighted by molar-refractivity contribution is -0.123. The fourth-order valence-electron chi connectivity index (χ4n) is 0.784. The maximum absolute atomic E-state index is 10.9. The molecule has 0 saturated heterocycles. The van der Waals surface area contributed by atoms with Crippen LogP contribution in [0.15, 0.2) is 11.8 Å². The van der Waals surface area contributed by atoms with Crippen LogP contribution in [0.1, 0.15) is 0 Å². The minimum atomic E-state index is -0.0214. The van der Waals surface area contributed by atoms with Crippen LogP contribution in [0.25, 0.3) is 0 Å². The number of carbonyl (C=O) groups excluding carboxylic acids is 1. The molecule has 4 heteroatoms. The second-order valence-corrected chi connectivity index (χ2v) is 2.28. The zero-order valence-electron chi connectivity index (χ0n) is 5.70. The van der Waals surface area contributed by atoms with Crippen molar-refractivity contribution in [3.05, 3.63) is 11.8 Å².